The Kier molecular flexibility index (Phi) is 3.39. The first-order valence-electron chi connectivity index (χ1n) is 5.34. The molecule has 0 saturated carbocycles. The summed E-state index contributed by atoms with van der Waals surface area (Å²) in [6, 6.07) is 1.64. The SMILES string of the molecule is CNCc1cc(S(=O)(=O)Nc2cn[nH]c2)cn1C. The number of aromatic nitrogens is 3. The lowest BCUT2D eigenvalue weighted by Crippen LogP contribution is -2.11. The zero-order valence-electron chi connectivity index (χ0n) is 10.1. The second-order valence-electron chi connectivity index (χ2n) is 3.90. The average Bonchev–Trinajstić information content (AvgIpc) is 2.90. The molecule has 0 spiro atoms. The molecule has 0 amide bonds. The molecule has 2 rings (SSSR count). The van der Waals surface area contributed by atoms with Crippen LogP contribution in [-0.2, 0) is 23.6 Å². The Morgan fingerprint density at radius 2 is 2.28 bits per heavy atom. The number of nitrogens with zero attached hydrogens (tertiary/aromatic N) is 2. The summed E-state index contributed by atoms with van der Waals surface area (Å²) in [5.74, 6) is 0. The normalized spacial score (nSPS) is 11.7. The smallest absolute Gasteiger partial charge is 0.263 e. The molecule has 0 bridgehead atoms. The highest BCUT2D eigenvalue weighted by molar-refractivity contribution is 7.92. The van der Waals surface area contributed by atoms with Gasteiger partial charge in [0.2, 0.25) is 0 Å². The lowest BCUT2D eigenvalue weighted by Gasteiger charge is -2.02. The molecule has 0 aliphatic rings. The quantitative estimate of drug-likeness (QED) is 0.726. The van der Waals surface area contributed by atoms with Crippen molar-refractivity contribution in [2.24, 2.45) is 7.05 Å². The van der Waals surface area contributed by atoms with E-state index in [0.717, 1.165) is 5.69 Å². The van der Waals surface area contributed by atoms with Crippen molar-refractivity contribution in [3.05, 3.63) is 30.4 Å². The van der Waals surface area contributed by atoms with Crippen molar-refractivity contribution in [2.75, 3.05) is 11.8 Å². The molecule has 0 aromatic carbocycles. The molecular weight excluding hydrogens is 254 g/mol. The Morgan fingerprint density at radius 3 is 2.89 bits per heavy atom. The average molecular weight is 269 g/mol. The molecule has 8 heteroatoms. The van der Waals surface area contributed by atoms with Gasteiger partial charge in [-0.05, 0) is 13.1 Å². The van der Waals surface area contributed by atoms with Gasteiger partial charge in [0.25, 0.3) is 10.0 Å². The maximum absolute atomic E-state index is 12.1. The van der Waals surface area contributed by atoms with E-state index in [2.05, 4.69) is 20.2 Å². The number of rotatable bonds is 5. The standard InChI is InChI=1S/C10H15N5O2S/c1-11-6-9-3-10(7-15(9)2)18(16,17)14-8-4-12-13-5-8/h3-5,7,11,14H,6H2,1-2H3,(H,12,13). The minimum absolute atomic E-state index is 0.233. The first kappa shape index (κ1) is 12.7. The zero-order chi connectivity index (χ0) is 13.2. The number of sulfonamides is 1. The summed E-state index contributed by atoms with van der Waals surface area (Å²) in [5, 5.41) is 9.22. The number of nitrogens with one attached hydrogen (secondary N) is 3. The summed E-state index contributed by atoms with van der Waals surface area (Å²) in [6.45, 7) is 0.609. The van der Waals surface area contributed by atoms with Crippen LogP contribution < -0.4 is 10.0 Å². The van der Waals surface area contributed by atoms with E-state index in [4.69, 9.17) is 0 Å². The fourth-order valence-electron chi connectivity index (χ4n) is 1.60. The van der Waals surface area contributed by atoms with Gasteiger partial charge in [-0.1, -0.05) is 0 Å². The molecule has 3 N–H and O–H groups in total. The number of aromatic amines is 1. The monoisotopic (exact) mass is 269 g/mol. The second kappa shape index (κ2) is 4.83. The molecule has 2 aromatic rings. The molecule has 0 radical (unpaired) electrons. The Morgan fingerprint density at radius 1 is 1.50 bits per heavy atom. The van der Waals surface area contributed by atoms with Crippen LogP contribution in [0.15, 0.2) is 29.6 Å². The van der Waals surface area contributed by atoms with E-state index < -0.39 is 10.0 Å². The van der Waals surface area contributed by atoms with E-state index in [-0.39, 0.29) is 4.90 Å². The largest absolute Gasteiger partial charge is 0.352 e. The van der Waals surface area contributed by atoms with Crippen LogP contribution in [0.1, 0.15) is 5.69 Å². The molecule has 2 aromatic heterocycles. The zero-order valence-corrected chi connectivity index (χ0v) is 11.0. The van der Waals surface area contributed by atoms with Crippen molar-refractivity contribution >= 4 is 15.7 Å². The van der Waals surface area contributed by atoms with E-state index in [1.165, 1.54) is 12.4 Å². The predicted molar refractivity (Wildman–Crippen MR) is 67.6 cm³/mol. The molecule has 0 unspecified atom stereocenters. The molecule has 0 saturated heterocycles. The van der Waals surface area contributed by atoms with Crippen molar-refractivity contribution in [1.82, 2.24) is 20.1 Å². The molecule has 18 heavy (non-hydrogen) atoms. The van der Waals surface area contributed by atoms with Gasteiger partial charge in [0.1, 0.15) is 4.90 Å². The summed E-state index contributed by atoms with van der Waals surface area (Å²) in [6.07, 6.45) is 4.47. The van der Waals surface area contributed by atoms with Gasteiger partial charge in [-0.3, -0.25) is 9.82 Å². The third-order valence-electron chi connectivity index (χ3n) is 2.50. The molecule has 0 atom stereocenters. The molecule has 2 heterocycles. The summed E-state index contributed by atoms with van der Waals surface area (Å²) in [4.78, 5) is 0.233. The maximum atomic E-state index is 12.1. The Labute approximate surface area is 105 Å². The highest BCUT2D eigenvalue weighted by Crippen LogP contribution is 2.17. The Balaban J connectivity index is 2.27. The van der Waals surface area contributed by atoms with Gasteiger partial charge >= 0.3 is 0 Å². The first-order chi connectivity index (χ1) is 8.53. The lowest BCUT2D eigenvalue weighted by atomic mass is 10.4. The van der Waals surface area contributed by atoms with Crippen molar-refractivity contribution < 1.29 is 8.42 Å². The van der Waals surface area contributed by atoms with Gasteiger partial charge in [0.15, 0.2) is 0 Å². The van der Waals surface area contributed by atoms with Crippen LogP contribution in [-0.4, -0.2) is 30.2 Å². The summed E-state index contributed by atoms with van der Waals surface area (Å²) in [7, 11) is 0.0577. The highest BCUT2D eigenvalue weighted by atomic mass is 32.2. The van der Waals surface area contributed by atoms with Crippen LogP contribution in [0.5, 0.6) is 0 Å². The van der Waals surface area contributed by atoms with Crippen molar-refractivity contribution in [2.45, 2.75) is 11.4 Å². The highest BCUT2D eigenvalue weighted by Gasteiger charge is 2.17. The van der Waals surface area contributed by atoms with Gasteiger partial charge in [-0.15, -0.1) is 0 Å². The van der Waals surface area contributed by atoms with Crippen LogP contribution in [0.3, 0.4) is 0 Å². The van der Waals surface area contributed by atoms with E-state index in [0.29, 0.717) is 12.2 Å². The van der Waals surface area contributed by atoms with E-state index in [1.807, 2.05) is 14.1 Å². The van der Waals surface area contributed by atoms with E-state index in [1.54, 1.807) is 16.8 Å². The minimum Gasteiger partial charge on any atom is -0.352 e. The van der Waals surface area contributed by atoms with Gasteiger partial charge < -0.3 is 9.88 Å². The Hall–Kier alpha value is -1.80. The van der Waals surface area contributed by atoms with Crippen LogP contribution in [0, 0.1) is 0 Å². The first-order valence-corrected chi connectivity index (χ1v) is 6.82. The second-order valence-corrected chi connectivity index (χ2v) is 5.58. The molecule has 0 aliphatic carbocycles. The van der Waals surface area contributed by atoms with Crippen LogP contribution >= 0.6 is 0 Å². The number of H-pyrrole nitrogens is 1. The van der Waals surface area contributed by atoms with Crippen molar-refractivity contribution in [1.29, 1.82) is 0 Å². The van der Waals surface area contributed by atoms with Gasteiger partial charge in [-0.2, -0.15) is 5.10 Å². The molecule has 7 nitrogen and oxygen atoms in total. The van der Waals surface area contributed by atoms with Crippen molar-refractivity contribution in [3.8, 4) is 0 Å². The lowest BCUT2D eigenvalue weighted by molar-refractivity contribution is 0.601. The molecule has 0 aliphatic heterocycles. The molecule has 98 valence electrons. The third-order valence-corrected chi connectivity index (χ3v) is 3.85. The Bertz CT molecular complexity index is 615. The minimum atomic E-state index is -3.56. The summed E-state index contributed by atoms with van der Waals surface area (Å²) >= 11 is 0. The van der Waals surface area contributed by atoms with Crippen LogP contribution in [0.4, 0.5) is 5.69 Å². The summed E-state index contributed by atoms with van der Waals surface area (Å²) < 4.78 is 28.4. The van der Waals surface area contributed by atoms with Crippen LogP contribution in [0.2, 0.25) is 0 Å². The van der Waals surface area contributed by atoms with Gasteiger partial charge in [0.05, 0.1) is 11.9 Å². The maximum Gasteiger partial charge on any atom is 0.263 e. The number of hydrogen-bond acceptors (Lipinski definition) is 4. The predicted octanol–water partition coefficient (Wildman–Crippen LogP) is 0.268. The summed E-state index contributed by atoms with van der Waals surface area (Å²) in [5.41, 5.74) is 1.30. The molecular formula is C10H15N5O2S. The van der Waals surface area contributed by atoms with Crippen molar-refractivity contribution in [3.63, 3.8) is 0 Å². The van der Waals surface area contributed by atoms with E-state index >= 15 is 0 Å². The van der Waals surface area contributed by atoms with Crippen LogP contribution in [0.25, 0.3) is 0 Å². The number of anilines is 1. The number of aryl methyl sites for hydroxylation is 1. The van der Waals surface area contributed by atoms with E-state index in [9.17, 15) is 8.42 Å². The molecule has 0 fully saturated rings. The van der Waals surface area contributed by atoms with Gasteiger partial charge in [-0.25, -0.2) is 8.42 Å². The topological polar surface area (TPSA) is 91.8 Å². The van der Waals surface area contributed by atoms with Gasteiger partial charge in [0, 0.05) is 31.7 Å². The number of hydrogen-bond donors (Lipinski definition) is 3. The third kappa shape index (κ3) is 2.54. The fraction of sp³-hybridized carbons (Fsp3) is 0.300. The fourth-order valence-corrected chi connectivity index (χ4v) is 2.73.